The van der Waals surface area contributed by atoms with Gasteiger partial charge in [0.05, 0.1) is 0 Å². The Morgan fingerprint density at radius 1 is 1.22 bits per heavy atom. The third-order valence-corrected chi connectivity index (χ3v) is 3.00. The molecule has 0 saturated carbocycles. The molecular formula is C13H13NO4. The molecule has 5 nitrogen and oxygen atoms in total. The molecule has 1 aliphatic rings. The van der Waals surface area contributed by atoms with Crippen molar-refractivity contribution in [3.05, 3.63) is 35.9 Å². The van der Waals surface area contributed by atoms with Crippen LogP contribution in [0.15, 0.2) is 30.3 Å². The first kappa shape index (κ1) is 12.3. The number of likely N-dealkylation sites (tertiary alicyclic amines) is 1. The second-order valence-corrected chi connectivity index (χ2v) is 4.21. The van der Waals surface area contributed by atoms with E-state index < -0.39 is 12.0 Å². The topological polar surface area (TPSA) is 74.7 Å². The van der Waals surface area contributed by atoms with Gasteiger partial charge in [0.1, 0.15) is 11.8 Å². The van der Waals surface area contributed by atoms with E-state index in [1.165, 1.54) is 4.90 Å². The lowest BCUT2D eigenvalue weighted by Crippen LogP contribution is -2.50. The number of carbonyl (C=O) groups is 3. The molecule has 5 heteroatoms. The number of carboxylic acid groups (broad SMARTS) is 1. The summed E-state index contributed by atoms with van der Waals surface area (Å²) in [6.45, 7) is 0.170. The van der Waals surface area contributed by atoms with Crippen molar-refractivity contribution in [2.24, 2.45) is 0 Å². The molecule has 1 heterocycles. The lowest BCUT2D eigenvalue weighted by atomic mass is 10.00. The second-order valence-electron chi connectivity index (χ2n) is 4.21. The summed E-state index contributed by atoms with van der Waals surface area (Å²) in [5.74, 6) is -1.58. The monoisotopic (exact) mass is 247 g/mol. The fourth-order valence-electron chi connectivity index (χ4n) is 2.04. The molecule has 0 radical (unpaired) electrons. The van der Waals surface area contributed by atoms with E-state index in [0.29, 0.717) is 5.56 Å². The van der Waals surface area contributed by atoms with Crippen molar-refractivity contribution in [1.29, 1.82) is 0 Å². The number of hydrogen-bond acceptors (Lipinski definition) is 3. The number of benzene rings is 1. The molecule has 0 unspecified atom stereocenters. The highest BCUT2D eigenvalue weighted by molar-refractivity contribution is 5.99. The molecule has 1 saturated heterocycles. The predicted molar refractivity (Wildman–Crippen MR) is 63.1 cm³/mol. The maximum absolute atomic E-state index is 12.2. The summed E-state index contributed by atoms with van der Waals surface area (Å²) in [4.78, 5) is 35.8. The number of amides is 1. The first-order chi connectivity index (χ1) is 8.59. The Balaban J connectivity index is 2.23. The maximum atomic E-state index is 12.2. The van der Waals surface area contributed by atoms with Crippen molar-refractivity contribution >= 4 is 17.7 Å². The molecule has 2 rings (SSSR count). The Morgan fingerprint density at radius 3 is 2.50 bits per heavy atom. The average Bonchev–Trinajstić information content (AvgIpc) is 2.39. The lowest BCUT2D eigenvalue weighted by molar-refractivity contribution is -0.146. The molecule has 18 heavy (non-hydrogen) atoms. The molecule has 0 spiro atoms. The van der Waals surface area contributed by atoms with Crippen molar-refractivity contribution in [2.45, 2.75) is 18.9 Å². The molecule has 0 aromatic heterocycles. The third kappa shape index (κ3) is 2.40. The van der Waals surface area contributed by atoms with Crippen LogP contribution in [0, 0.1) is 0 Å². The fourth-order valence-corrected chi connectivity index (χ4v) is 2.04. The summed E-state index contributed by atoms with van der Waals surface area (Å²) in [5, 5.41) is 9.08. The van der Waals surface area contributed by atoms with E-state index >= 15 is 0 Å². The van der Waals surface area contributed by atoms with Gasteiger partial charge in [-0.1, -0.05) is 18.2 Å². The molecule has 1 aliphatic heterocycles. The minimum Gasteiger partial charge on any atom is -0.480 e. The zero-order chi connectivity index (χ0) is 13.1. The number of nitrogens with zero attached hydrogens (tertiary/aromatic N) is 1. The highest BCUT2D eigenvalue weighted by atomic mass is 16.4. The quantitative estimate of drug-likeness (QED) is 0.844. The van der Waals surface area contributed by atoms with Gasteiger partial charge in [0.2, 0.25) is 0 Å². The van der Waals surface area contributed by atoms with E-state index in [9.17, 15) is 14.4 Å². The van der Waals surface area contributed by atoms with Gasteiger partial charge in [-0.25, -0.2) is 4.79 Å². The maximum Gasteiger partial charge on any atom is 0.326 e. The summed E-state index contributed by atoms with van der Waals surface area (Å²) in [5.41, 5.74) is 0.443. The van der Waals surface area contributed by atoms with Gasteiger partial charge in [0, 0.05) is 24.9 Å². The first-order valence-corrected chi connectivity index (χ1v) is 5.70. The van der Waals surface area contributed by atoms with E-state index in [1.807, 2.05) is 0 Å². The van der Waals surface area contributed by atoms with Crippen molar-refractivity contribution in [1.82, 2.24) is 4.90 Å². The van der Waals surface area contributed by atoms with Gasteiger partial charge in [-0.2, -0.15) is 0 Å². The Hall–Kier alpha value is -2.17. The van der Waals surface area contributed by atoms with Crippen LogP contribution in [0.3, 0.4) is 0 Å². The van der Waals surface area contributed by atoms with Crippen LogP contribution in [0.2, 0.25) is 0 Å². The molecular weight excluding hydrogens is 234 g/mol. The van der Waals surface area contributed by atoms with Crippen LogP contribution in [0.5, 0.6) is 0 Å². The SMILES string of the molecule is O=C1CCN(C(=O)c2ccccc2)[C@@H](C(=O)O)C1. The smallest absolute Gasteiger partial charge is 0.326 e. The largest absolute Gasteiger partial charge is 0.480 e. The Labute approximate surface area is 104 Å². The van der Waals surface area contributed by atoms with Crippen LogP contribution in [0.1, 0.15) is 23.2 Å². The fraction of sp³-hybridized carbons (Fsp3) is 0.308. The molecule has 0 aliphatic carbocycles. The van der Waals surface area contributed by atoms with Crippen LogP contribution < -0.4 is 0 Å². The average molecular weight is 247 g/mol. The summed E-state index contributed by atoms with van der Waals surface area (Å²) >= 11 is 0. The van der Waals surface area contributed by atoms with Crippen molar-refractivity contribution in [3.8, 4) is 0 Å². The summed E-state index contributed by atoms with van der Waals surface area (Å²) < 4.78 is 0. The lowest BCUT2D eigenvalue weighted by Gasteiger charge is -2.32. The Kier molecular flexibility index (Phi) is 3.41. The number of rotatable bonds is 2. The molecule has 1 amide bonds. The summed E-state index contributed by atoms with van der Waals surface area (Å²) in [6, 6.07) is 7.45. The zero-order valence-corrected chi connectivity index (χ0v) is 9.70. The number of carboxylic acids is 1. The van der Waals surface area contributed by atoms with Gasteiger partial charge in [-0.05, 0) is 12.1 Å². The standard InChI is InChI=1S/C13H13NO4/c15-10-6-7-14(11(8-10)13(17)18)12(16)9-4-2-1-3-5-9/h1-5,11H,6-8H2,(H,17,18)/t11-/m1/s1. The zero-order valence-electron chi connectivity index (χ0n) is 9.70. The molecule has 1 aromatic carbocycles. The normalized spacial score (nSPS) is 19.7. The number of hydrogen-bond donors (Lipinski definition) is 1. The van der Waals surface area contributed by atoms with Crippen molar-refractivity contribution < 1.29 is 19.5 Å². The predicted octanol–water partition coefficient (Wildman–Crippen LogP) is 0.945. The summed E-state index contributed by atoms with van der Waals surface area (Å²) in [6.07, 6.45) is 0.121. The summed E-state index contributed by atoms with van der Waals surface area (Å²) in [7, 11) is 0. The van der Waals surface area contributed by atoms with Crippen LogP contribution >= 0.6 is 0 Å². The Morgan fingerprint density at radius 2 is 1.89 bits per heavy atom. The van der Waals surface area contributed by atoms with Gasteiger partial charge in [-0.15, -0.1) is 0 Å². The number of Topliss-reactive ketones (excluding diaryl/α,β-unsaturated/α-hetero) is 1. The van der Waals surface area contributed by atoms with Gasteiger partial charge >= 0.3 is 5.97 Å². The van der Waals surface area contributed by atoms with Crippen LogP contribution in [-0.4, -0.2) is 40.3 Å². The van der Waals surface area contributed by atoms with E-state index in [0.717, 1.165) is 0 Å². The number of piperidine rings is 1. The van der Waals surface area contributed by atoms with E-state index in [1.54, 1.807) is 30.3 Å². The third-order valence-electron chi connectivity index (χ3n) is 3.00. The van der Waals surface area contributed by atoms with Gasteiger partial charge in [-0.3, -0.25) is 9.59 Å². The molecule has 1 fully saturated rings. The second kappa shape index (κ2) is 5.00. The molecule has 94 valence electrons. The number of carbonyl (C=O) groups excluding carboxylic acids is 2. The van der Waals surface area contributed by atoms with Gasteiger partial charge < -0.3 is 10.0 Å². The van der Waals surface area contributed by atoms with E-state index in [4.69, 9.17) is 5.11 Å². The van der Waals surface area contributed by atoms with Crippen LogP contribution in [0.25, 0.3) is 0 Å². The minimum atomic E-state index is -1.13. The molecule has 1 N–H and O–H groups in total. The van der Waals surface area contributed by atoms with Gasteiger partial charge in [0.25, 0.3) is 5.91 Å². The number of aliphatic carboxylic acids is 1. The van der Waals surface area contributed by atoms with E-state index in [2.05, 4.69) is 0 Å². The van der Waals surface area contributed by atoms with Crippen molar-refractivity contribution in [3.63, 3.8) is 0 Å². The molecule has 1 aromatic rings. The Bertz CT molecular complexity index is 483. The number of ketones is 1. The highest BCUT2D eigenvalue weighted by Crippen LogP contribution is 2.18. The van der Waals surface area contributed by atoms with Gasteiger partial charge in [0.15, 0.2) is 0 Å². The molecule has 1 atom stereocenters. The highest BCUT2D eigenvalue weighted by Gasteiger charge is 2.35. The first-order valence-electron chi connectivity index (χ1n) is 5.70. The molecule has 0 bridgehead atoms. The van der Waals surface area contributed by atoms with Crippen LogP contribution in [-0.2, 0) is 9.59 Å². The van der Waals surface area contributed by atoms with E-state index in [-0.39, 0.29) is 31.1 Å². The minimum absolute atomic E-state index is 0.103. The van der Waals surface area contributed by atoms with Crippen LogP contribution in [0.4, 0.5) is 0 Å². The van der Waals surface area contributed by atoms with Crippen molar-refractivity contribution in [2.75, 3.05) is 6.54 Å².